The molecule has 0 fully saturated rings. The molecule has 0 unspecified atom stereocenters. The second-order valence-electron chi connectivity index (χ2n) is 3.03. The first-order chi connectivity index (χ1) is 7.17. The fraction of sp³-hybridized carbons (Fsp3) is 0.667. The van der Waals surface area contributed by atoms with Crippen molar-refractivity contribution in [2.75, 3.05) is 25.1 Å². The number of hydrogen-bond acceptors (Lipinski definition) is 6. The van der Waals surface area contributed by atoms with Gasteiger partial charge in [-0.3, -0.25) is 4.79 Å². The minimum Gasteiger partial charge on any atom is -0.469 e. The Morgan fingerprint density at radius 1 is 1.60 bits per heavy atom. The zero-order valence-corrected chi connectivity index (χ0v) is 10.0. The Bertz CT molecular complexity index is 327. The van der Waals surface area contributed by atoms with Crippen molar-refractivity contribution in [3.63, 3.8) is 0 Å². The highest BCUT2D eigenvalue weighted by Crippen LogP contribution is 2.16. The molecule has 0 amide bonds. The lowest BCUT2D eigenvalue weighted by Gasteiger charge is -2.17. The quantitative estimate of drug-likeness (QED) is 0.711. The molecule has 1 aromatic heterocycles. The van der Waals surface area contributed by atoms with Gasteiger partial charge in [-0.25, -0.2) is 4.98 Å². The first-order valence-electron chi connectivity index (χ1n) is 4.79. The third-order valence-corrected chi connectivity index (χ3v) is 2.85. The van der Waals surface area contributed by atoms with Crippen LogP contribution in [0.25, 0.3) is 0 Å². The molecular weight excluding hydrogens is 214 g/mol. The van der Waals surface area contributed by atoms with Gasteiger partial charge in [-0.15, -0.1) is 0 Å². The van der Waals surface area contributed by atoms with Crippen molar-refractivity contribution in [2.45, 2.75) is 20.3 Å². The van der Waals surface area contributed by atoms with Crippen LogP contribution in [0.3, 0.4) is 0 Å². The normalized spacial score (nSPS) is 10.1. The number of aromatic nitrogens is 2. The van der Waals surface area contributed by atoms with Crippen LogP contribution in [0, 0.1) is 6.92 Å². The maximum absolute atomic E-state index is 11.0. The predicted octanol–water partition coefficient (Wildman–Crippen LogP) is 1.24. The van der Waals surface area contributed by atoms with Crippen LogP contribution in [-0.2, 0) is 9.53 Å². The number of aryl methyl sites for hydroxylation is 1. The Hall–Kier alpha value is -1.17. The molecular formula is C9H15N3O2S. The van der Waals surface area contributed by atoms with Crippen molar-refractivity contribution in [3.8, 4) is 0 Å². The summed E-state index contributed by atoms with van der Waals surface area (Å²) < 4.78 is 8.69. The molecule has 0 aliphatic heterocycles. The van der Waals surface area contributed by atoms with Crippen molar-refractivity contribution in [3.05, 3.63) is 5.82 Å². The molecule has 0 spiro atoms. The number of rotatable bonds is 5. The molecule has 0 N–H and O–H groups in total. The maximum atomic E-state index is 11.0. The van der Waals surface area contributed by atoms with E-state index in [1.807, 2.05) is 18.7 Å². The van der Waals surface area contributed by atoms with Crippen molar-refractivity contribution in [2.24, 2.45) is 0 Å². The number of hydrogen-bond donors (Lipinski definition) is 0. The molecule has 0 aliphatic rings. The lowest BCUT2D eigenvalue weighted by molar-refractivity contribution is -0.140. The molecule has 6 heteroatoms. The smallest absolute Gasteiger partial charge is 0.307 e. The van der Waals surface area contributed by atoms with Gasteiger partial charge in [0.2, 0.25) is 5.13 Å². The number of carbonyl (C=O) groups is 1. The number of esters is 1. The van der Waals surface area contributed by atoms with Gasteiger partial charge in [0.1, 0.15) is 5.82 Å². The van der Waals surface area contributed by atoms with E-state index in [4.69, 9.17) is 0 Å². The largest absolute Gasteiger partial charge is 0.469 e. The summed E-state index contributed by atoms with van der Waals surface area (Å²) in [4.78, 5) is 17.3. The number of anilines is 1. The van der Waals surface area contributed by atoms with E-state index in [2.05, 4.69) is 14.1 Å². The molecule has 0 atom stereocenters. The van der Waals surface area contributed by atoms with Crippen molar-refractivity contribution in [1.82, 2.24) is 9.36 Å². The molecule has 84 valence electrons. The van der Waals surface area contributed by atoms with Gasteiger partial charge in [0.15, 0.2) is 0 Å². The van der Waals surface area contributed by atoms with Crippen LogP contribution in [0.4, 0.5) is 5.13 Å². The molecule has 0 radical (unpaired) electrons. The molecule has 0 aliphatic carbocycles. The molecule has 15 heavy (non-hydrogen) atoms. The van der Waals surface area contributed by atoms with Gasteiger partial charge in [-0.05, 0) is 13.8 Å². The van der Waals surface area contributed by atoms with Crippen LogP contribution < -0.4 is 4.90 Å². The van der Waals surface area contributed by atoms with E-state index in [-0.39, 0.29) is 5.97 Å². The average Bonchev–Trinajstić information content (AvgIpc) is 2.65. The average molecular weight is 229 g/mol. The fourth-order valence-electron chi connectivity index (χ4n) is 1.13. The topological polar surface area (TPSA) is 55.3 Å². The second kappa shape index (κ2) is 5.65. The van der Waals surface area contributed by atoms with E-state index in [9.17, 15) is 4.79 Å². The van der Waals surface area contributed by atoms with E-state index in [1.54, 1.807) is 0 Å². The fourth-order valence-corrected chi connectivity index (χ4v) is 1.90. The minimum absolute atomic E-state index is 0.199. The third-order valence-electron chi connectivity index (χ3n) is 1.98. The van der Waals surface area contributed by atoms with Crippen LogP contribution in [0.1, 0.15) is 19.2 Å². The monoisotopic (exact) mass is 229 g/mol. The Morgan fingerprint density at radius 2 is 2.33 bits per heavy atom. The van der Waals surface area contributed by atoms with Crippen molar-refractivity contribution >= 4 is 22.6 Å². The van der Waals surface area contributed by atoms with Crippen LogP contribution in [-0.4, -0.2) is 35.5 Å². The zero-order valence-electron chi connectivity index (χ0n) is 9.19. The molecule has 0 saturated carbocycles. The molecule has 0 bridgehead atoms. The Balaban J connectivity index is 2.53. The van der Waals surface area contributed by atoms with Gasteiger partial charge in [0, 0.05) is 24.6 Å². The van der Waals surface area contributed by atoms with E-state index >= 15 is 0 Å². The summed E-state index contributed by atoms with van der Waals surface area (Å²) in [6, 6.07) is 0. The van der Waals surface area contributed by atoms with Crippen molar-refractivity contribution < 1.29 is 9.53 Å². The molecule has 1 aromatic rings. The van der Waals surface area contributed by atoms with Crippen LogP contribution in [0.5, 0.6) is 0 Å². The minimum atomic E-state index is -0.199. The Labute approximate surface area is 93.2 Å². The Morgan fingerprint density at radius 3 is 2.80 bits per heavy atom. The lowest BCUT2D eigenvalue weighted by Crippen LogP contribution is -2.25. The van der Waals surface area contributed by atoms with Gasteiger partial charge in [0.05, 0.1) is 13.5 Å². The summed E-state index contributed by atoms with van der Waals surface area (Å²) >= 11 is 1.35. The maximum Gasteiger partial charge on any atom is 0.307 e. The first-order valence-corrected chi connectivity index (χ1v) is 5.56. The summed E-state index contributed by atoms with van der Waals surface area (Å²) in [5.41, 5.74) is 0. The van der Waals surface area contributed by atoms with Crippen LogP contribution in [0.15, 0.2) is 0 Å². The van der Waals surface area contributed by atoms with E-state index < -0.39 is 0 Å². The Kier molecular flexibility index (Phi) is 4.48. The van der Waals surface area contributed by atoms with Gasteiger partial charge < -0.3 is 9.64 Å². The highest BCUT2D eigenvalue weighted by molar-refractivity contribution is 7.09. The molecule has 1 heterocycles. The first kappa shape index (κ1) is 11.9. The number of nitrogens with zero attached hydrogens (tertiary/aromatic N) is 3. The SMILES string of the molecule is CCN(CCC(=O)OC)c1nc(C)ns1. The summed E-state index contributed by atoms with van der Waals surface area (Å²) in [5, 5.41) is 0.860. The number of ether oxygens (including phenoxy) is 1. The zero-order chi connectivity index (χ0) is 11.3. The van der Waals surface area contributed by atoms with Crippen LogP contribution >= 0.6 is 11.5 Å². The van der Waals surface area contributed by atoms with E-state index in [1.165, 1.54) is 18.6 Å². The van der Waals surface area contributed by atoms with Gasteiger partial charge in [0.25, 0.3) is 0 Å². The lowest BCUT2D eigenvalue weighted by atomic mass is 10.4. The van der Waals surface area contributed by atoms with E-state index in [0.29, 0.717) is 13.0 Å². The predicted molar refractivity (Wildman–Crippen MR) is 59.2 cm³/mol. The van der Waals surface area contributed by atoms with Crippen LogP contribution in [0.2, 0.25) is 0 Å². The molecule has 0 aromatic carbocycles. The highest BCUT2D eigenvalue weighted by Gasteiger charge is 2.11. The summed E-state index contributed by atoms with van der Waals surface area (Å²) in [5.74, 6) is 0.571. The molecule has 0 saturated heterocycles. The molecule has 5 nitrogen and oxygen atoms in total. The summed E-state index contributed by atoms with van der Waals surface area (Å²) in [6.07, 6.45) is 0.378. The van der Waals surface area contributed by atoms with Gasteiger partial charge in [-0.2, -0.15) is 4.37 Å². The van der Waals surface area contributed by atoms with Gasteiger partial charge in [-0.1, -0.05) is 0 Å². The molecule has 1 rings (SSSR count). The van der Waals surface area contributed by atoms with Crippen molar-refractivity contribution in [1.29, 1.82) is 0 Å². The number of carbonyl (C=O) groups excluding carboxylic acids is 1. The van der Waals surface area contributed by atoms with Gasteiger partial charge >= 0.3 is 5.97 Å². The van der Waals surface area contributed by atoms with E-state index in [0.717, 1.165) is 17.5 Å². The second-order valence-corrected chi connectivity index (χ2v) is 3.76. The standard InChI is InChI=1S/C9H15N3O2S/c1-4-12(6-5-8(13)14-3)9-10-7(2)11-15-9/h4-6H2,1-3H3. The third kappa shape index (κ3) is 3.47. The summed E-state index contributed by atoms with van der Waals surface area (Å²) in [7, 11) is 1.40. The number of methoxy groups -OCH3 is 1. The highest BCUT2D eigenvalue weighted by atomic mass is 32.1. The summed E-state index contributed by atoms with van der Waals surface area (Å²) in [6.45, 7) is 5.31.